The summed E-state index contributed by atoms with van der Waals surface area (Å²) < 4.78 is 0. The van der Waals surface area contributed by atoms with Gasteiger partial charge in [-0.05, 0) is 57.3 Å². The summed E-state index contributed by atoms with van der Waals surface area (Å²) in [7, 11) is 4.15. The van der Waals surface area contributed by atoms with Crippen LogP contribution in [0, 0.1) is 0 Å². The molecular weight excluding hydrogens is 336 g/mol. The minimum atomic E-state index is 0.0550. The molecule has 4 rings (SSSR count). The number of hydrogen-bond donors (Lipinski definition) is 0. The van der Waals surface area contributed by atoms with Crippen LogP contribution in [0.15, 0.2) is 36.7 Å². The van der Waals surface area contributed by atoms with Crippen LogP contribution in [0.25, 0.3) is 0 Å². The van der Waals surface area contributed by atoms with Gasteiger partial charge in [-0.25, -0.2) is 9.97 Å². The highest BCUT2D eigenvalue weighted by Crippen LogP contribution is 2.38. The van der Waals surface area contributed by atoms with Crippen LogP contribution >= 0.6 is 0 Å². The summed E-state index contributed by atoms with van der Waals surface area (Å²) in [5, 5.41) is 0. The standard InChI is InChI=1S/C22H28N4O/c1-25(2)15-16-6-8-17(9-7-16)20-5-3-4-12-26(20)22(27)19-13-23-21(24-14-19)18-10-11-18/h6-9,13-14,18,20H,3-5,10-12,15H2,1-2H3. The fourth-order valence-corrected chi connectivity index (χ4v) is 3.90. The summed E-state index contributed by atoms with van der Waals surface area (Å²) in [5.74, 6) is 1.45. The third-order valence-corrected chi connectivity index (χ3v) is 5.49. The Morgan fingerprint density at radius 3 is 2.41 bits per heavy atom. The minimum absolute atomic E-state index is 0.0550. The molecule has 2 aliphatic rings. The van der Waals surface area contributed by atoms with Crippen LogP contribution in [0.1, 0.15) is 71.4 Å². The topological polar surface area (TPSA) is 49.3 Å². The lowest BCUT2D eigenvalue weighted by Gasteiger charge is -2.36. The summed E-state index contributed by atoms with van der Waals surface area (Å²) >= 11 is 0. The molecule has 1 aromatic carbocycles. The highest BCUT2D eigenvalue weighted by Gasteiger charge is 2.30. The Kier molecular flexibility index (Phi) is 5.21. The van der Waals surface area contributed by atoms with Gasteiger partial charge in [0.1, 0.15) is 5.82 Å². The molecule has 0 radical (unpaired) electrons. The number of carbonyl (C=O) groups excluding carboxylic acids is 1. The molecule has 1 aromatic heterocycles. The van der Waals surface area contributed by atoms with Crippen molar-refractivity contribution in [1.82, 2.24) is 19.8 Å². The Hall–Kier alpha value is -2.27. The van der Waals surface area contributed by atoms with Gasteiger partial charge in [-0.1, -0.05) is 24.3 Å². The zero-order chi connectivity index (χ0) is 18.8. The molecule has 2 fully saturated rings. The van der Waals surface area contributed by atoms with E-state index in [1.807, 2.05) is 4.90 Å². The summed E-state index contributed by atoms with van der Waals surface area (Å²) in [5.41, 5.74) is 3.12. The average Bonchev–Trinajstić information content (AvgIpc) is 3.53. The summed E-state index contributed by atoms with van der Waals surface area (Å²) in [6.07, 6.45) is 9.01. The predicted octanol–water partition coefficient (Wildman–Crippen LogP) is 3.78. The highest BCUT2D eigenvalue weighted by atomic mass is 16.2. The lowest BCUT2D eigenvalue weighted by atomic mass is 9.94. The van der Waals surface area contributed by atoms with Gasteiger partial charge in [0.05, 0.1) is 11.6 Å². The first-order valence-corrected chi connectivity index (χ1v) is 9.98. The van der Waals surface area contributed by atoms with Crippen LogP contribution in [0.5, 0.6) is 0 Å². The van der Waals surface area contributed by atoms with Crippen molar-refractivity contribution in [3.05, 3.63) is 59.2 Å². The Morgan fingerprint density at radius 2 is 1.78 bits per heavy atom. The predicted molar refractivity (Wildman–Crippen MR) is 105 cm³/mol. The van der Waals surface area contributed by atoms with Crippen molar-refractivity contribution < 1.29 is 4.79 Å². The van der Waals surface area contributed by atoms with Crippen molar-refractivity contribution in [3.63, 3.8) is 0 Å². The van der Waals surface area contributed by atoms with Crippen molar-refractivity contribution in [2.45, 2.75) is 50.6 Å². The maximum absolute atomic E-state index is 13.1. The SMILES string of the molecule is CN(C)Cc1ccc(C2CCCCN2C(=O)c2cnc(C3CC3)nc2)cc1. The molecule has 1 unspecified atom stereocenters. The average molecular weight is 364 g/mol. The molecule has 1 saturated carbocycles. The summed E-state index contributed by atoms with van der Waals surface area (Å²) in [6, 6.07) is 8.87. The van der Waals surface area contributed by atoms with E-state index in [1.54, 1.807) is 12.4 Å². The minimum Gasteiger partial charge on any atom is -0.332 e. The number of amides is 1. The molecule has 0 bridgehead atoms. The van der Waals surface area contributed by atoms with E-state index in [0.29, 0.717) is 11.5 Å². The summed E-state index contributed by atoms with van der Waals surface area (Å²) in [4.78, 5) is 26.2. The van der Waals surface area contributed by atoms with Gasteiger partial charge in [0.2, 0.25) is 0 Å². The molecule has 0 spiro atoms. The number of nitrogens with zero attached hydrogens (tertiary/aromatic N) is 4. The molecule has 1 atom stereocenters. The lowest BCUT2D eigenvalue weighted by molar-refractivity contribution is 0.0610. The number of piperidine rings is 1. The first kappa shape index (κ1) is 18.1. The molecule has 5 heteroatoms. The van der Waals surface area contributed by atoms with Gasteiger partial charge in [0.15, 0.2) is 0 Å². The molecule has 27 heavy (non-hydrogen) atoms. The van der Waals surface area contributed by atoms with Crippen molar-refractivity contribution in [1.29, 1.82) is 0 Å². The Balaban J connectivity index is 1.51. The highest BCUT2D eigenvalue weighted by molar-refractivity contribution is 5.94. The van der Waals surface area contributed by atoms with E-state index in [1.165, 1.54) is 24.0 Å². The second-order valence-electron chi connectivity index (χ2n) is 8.09. The number of hydrogen-bond acceptors (Lipinski definition) is 4. The largest absolute Gasteiger partial charge is 0.332 e. The number of aromatic nitrogens is 2. The molecule has 5 nitrogen and oxygen atoms in total. The molecule has 1 amide bonds. The zero-order valence-corrected chi connectivity index (χ0v) is 16.3. The zero-order valence-electron chi connectivity index (χ0n) is 16.3. The van der Waals surface area contributed by atoms with Gasteiger partial charge in [-0.15, -0.1) is 0 Å². The second kappa shape index (κ2) is 7.77. The van der Waals surface area contributed by atoms with Crippen LogP contribution in [0.2, 0.25) is 0 Å². The molecule has 1 aliphatic heterocycles. The first-order chi connectivity index (χ1) is 13.1. The van der Waals surface area contributed by atoms with E-state index in [2.05, 4.69) is 53.2 Å². The van der Waals surface area contributed by atoms with Crippen molar-refractivity contribution in [2.24, 2.45) is 0 Å². The van der Waals surface area contributed by atoms with Gasteiger partial charge in [0.25, 0.3) is 5.91 Å². The van der Waals surface area contributed by atoms with Gasteiger partial charge in [-0.2, -0.15) is 0 Å². The number of benzene rings is 1. The van der Waals surface area contributed by atoms with Crippen LogP contribution in [0.4, 0.5) is 0 Å². The molecular formula is C22H28N4O. The number of rotatable bonds is 5. The van der Waals surface area contributed by atoms with E-state index in [9.17, 15) is 4.79 Å². The van der Waals surface area contributed by atoms with Gasteiger partial charge in [-0.3, -0.25) is 4.79 Å². The van der Waals surface area contributed by atoms with E-state index < -0.39 is 0 Å². The Bertz CT molecular complexity index is 781. The normalized spacial score (nSPS) is 20.1. The van der Waals surface area contributed by atoms with Crippen LogP contribution < -0.4 is 0 Å². The van der Waals surface area contributed by atoms with E-state index in [0.717, 1.165) is 38.2 Å². The fraction of sp³-hybridized carbons (Fsp3) is 0.500. The molecule has 2 heterocycles. The third-order valence-electron chi connectivity index (χ3n) is 5.49. The van der Waals surface area contributed by atoms with Gasteiger partial charge < -0.3 is 9.80 Å². The molecule has 142 valence electrons. The Morgan fingerprint density at radius 1 is 1.07 bits per heavy atom. The third kappa shape index (κ3) is 4.19. The molecule has 1 saturated heterocycles. The summed E-state index contributed by atoms with van der Waals surface area (Å²) in [6.45, 7) is 1.73. The number of carbonyl (C=O) groups is 1. The van der Waals surface area contributed by atoms with Crippen molar-refractivity contribution in [3.8, 4) is 0 Å². The van der Waals surface area contributed by atoms with E-state index in [4.69, 9.17) is 0 Å². The maximum atomic E-state index is 13.1. The second-order valence-corrected chi connectivity index (χ2v) is 8.09. The fourth-order valence-electron chi connectivity index (χ4n) is 3.90. The monoisotopic (exact) mass is 364 g/mol. The molecule has 2 aromatic rings. The van der Waals surface area contributed by atoms with Crippen LogP contribution in [-0.2, 0) is 6.54 Å². The van der Waals surface area contributed by atoms with Gasteiger partial charge in [0, 0.05) is 31.4 Å². The van der Waals surface area contributed by atoms with Crippen molar-refractivity contribution in [2.75, 3.05) is 20.6 Å². The van der Waals surface area contributed by atoms with E-state index >= 15 is 0 Å². The van der Waals surface area contributed by atoms with Crippen LogP contribution in [-0.4, -0.2) is 46.3 Å². The maximum Gasteiger partial charge on any atom is 0.257 e. The van der Waals surface area contributed by atoms with E-state index in [-0.39, 0.29) is 11.9 Å². The molecule has 0 N–H and O–H groups in total. The first-order valence-electron chi connectivity index (χ1n) is 9.98. The van der Waals surface area contributed by atoms with Crippen LogP contribution in [0.3, 0.4) is 0 Å². The molecule has 1 aliphatic carbocycles. The smallest absolute Gasteiger partial charge is 0.257 e. The lowest BCUT2D eigenvalue weighted by Crippen LogP contribution is -2.38. The Labute approximate surface area is 161 Å². The quantitative estimate of drug-likeness (QED) is 0.810. The van der Waals surface area contributed by atoms with Gasteiger partial charge >= 0.3 is 0 Å². The van der Waals surface area contributed by atoms with Crippen molar-refractivity contribution >= 4 is 5.91 Å². The number of likely N-dealkylation sites (tertiary alicyclic amines) is 1.